The number of carbonyl (C=O) groups is 2. The van der Waals surface area contributed by atoms with E-state index in [4.69, 9.17) is 0 Å². The van der Waals surface area contributed by atoms with E-state index in [1.807, 2.05) is 0 Å². The van der Waals surface area contributed by atoms with Gasteiger partial charge in [-0.15, -0.1) is 0 Å². The van der Waals surface area contributed by atoms with Gasteiger partial charge < -0.3 is 15.3 Å². The zero-order valence-corrected chi connectivity index (χ0v) is 12.5. The molecular weight excluding hydrogens is 268 g/mol. The Kier molecular flexibility index (Phi) is 4.96. The largest absolute Gasteiger partial charge is 0.393 e. The smallest absolute Gasteiger partial charge is 0.253 e. The van der Waals surface area contributed by atoms with Crippen molar-refractivity contribution < 1.29 is 14.7 Å². The van der Waals surface area contributed by atoms with Crippen molar-refractivity contribution in [2.75, 3.05) is 18.9 Å². The van der Waals surface area contributed by atoms with Gasteiger partial charge >= 0.3 is 0 Å². The molecule has 1 aromatic rings. The minimum absolute atomic E-state index is 0.0960. The summed E-state index contributed by atoms with van der Waals surface area (Å²) in [6.07, 6.45) is 2.51. The third kappa shape index (κ3) is 4.04. The fraction of sp³-hybridized carbons (Fsp3) is 0.500. The number of nitrogens with zero attached hydrogens (tertiary/aromatic N) is 1. The second-order valence-electron chi connectivity index (χ2n) is 5.71. The highest BCUT2D eigenvalue weighted by atomic mass is 16.3. The molecule has 0 radical (unpaired) electrons. The van der Waals surface area contributed by atoms with E-state index >= 15 is 0 Å². The molecule has 5 heteroatoms. The maximum atomic E-state index is 12.4. The molecule has 0 aromatic heterocycles. The fourth-order valence-electron chi connectivity index (χ4n) is 2.82. The molecule has 2 amide bonds. The lowest BCUT2D eigenvalue weighted by Gasteiger charge is -2.23. The minimum Gasteiger partial charge on any atom is -0.393 e. The first-order chi connectivity index (χ1) is 9.97. The lowest BCUT2D eigenvalue weighted by molar-refractivity contribution is -0.114. The Labute approximate surface area is 125 Å². The summed E-state index contributed by atoms with van der Waals surface area (Å²) in [5, 5.41) is 12.5. The number of amides is 2. The Morgan fingerprint density at radius 3 is 2.76 bits per heavy atom. The quantitative estimate of drug-likeness (QED) is 0.889. The molecule has 2 N–H and O–H groups in total. The van der Waals surface area contributed by atoms with Crippen molar-refractivity contribution in [2.45, 2.75) is 32.3 Å². The molecule has 114 valence electrons. The first-order valence-electron chi connectivity index (χ1n) is 7.28. The zero-order chi connectivity index (χ0) is 15.4. The van der Waals surface area contributed by atoms with Crippen molar-refractivity contribution in [1.82, 2.24) is 4.90 Å². The van der Waals surface area contributed by atoms with Crippen molar-refractivity contribution in [3.8, 4) is 0 Å². The highest BCUT2D eigenvalue weighted by Crippen LogP contribution is 2.26. The summed E-state index contributed by atoms with van der Waals surface area (Å²) in [5.74, 6) is -0.0965. The Bertz CT molecular complexity index is 530. The van der Waals surface area contributed by atoms with Crippen LogP contribution in [0.15, 0.2) is 24.3 Å². The van der Waals surface area contributed by atoms with Crippen LogP contribution in [0.5, 0.6) is 0 Å². The van der Waals surface area contributed by atoms with Crippen LogP contribution in [0.25, 0.3) is 0 Å². The minimum atomic E-state index is -0.300. The highest BCUT2D eigenvalue weighted by molar-refractivity contribution is 5.96. The number of carbonyl (C=O) groups excluding carboxylic acids is 2. The van der Waals surface area contributed by atoms with Crippen LogP contribution in [0, 0.1) is 5.92 Å². The van der Waals surface area contributed by atoms with Crippen LogP contribution in [-0.2, 0) is 4.79 Å². The number of hydrogen-bond acceptors (Lipinski definition) is 3. The second kappa shape index (κ2) is 6.72. The van der Waals surface area contributed by atoms with Crippen LogP contribution < -0.4 is 5.32 Å². The maximum Gasteiger partial charge on any atom is 0.253 e. The van der Waals surface area contributed by atoms with Crippen LogP contribution in [0.3, 0.4) is 0 Å². The molecule has 0 heterocycles. The van der Waals surface area contributed by atoms with Crippen LogP contribution >= 0.6 is 0 Å². The Balaban J connectivity index is 2.03. The van der Waals surface area contributed by atoms with Gasteiger partial charge in [-0.05, 0) is 31.0 Å². The second-order valence-corrected chi connectivity index (χ2v) is 5.71. The Hall–Kier alpha value is -1.88. The number of nitrogens with one attached hydrogen (secondary N) is 1. The van der Waals surface area contributed by atoms with Crippen molar-refractivity contribution >= 4 is 17.5 Å². The SMILES string of the molecule is CC(=O)Nc1cccc(C(=O)N(C)CC2CCCC2O)c1. The van der Waals surface area contributed by atoms with Crippen molar-refractivity contribution in [1.29, 1.82) is 0 Å². The van der Waals surface area contributed by atoms with E-state index in [0.717, 1.165) is 19.3 Å². The average Bonchev–Trinajstić information content (AvgIpc) is 2.83. The molecule has 2 rings (SSSR count). The van der Waals surface area contributed by atoms with E-state index in [2.05, 4.69) is 5.32 Å². The molecule has 2 unspecified atom stereocenters. The Morgan fingerprint density at radius 2 is 2.14 bits per heavy atom. The summed E-state index contributed by atoms with van der Waals surface area (Å²) in [4.78, 5) is 25.1. The molecule has 1 fully saturated rings. The number of aliphatic hydroxyl groups is 1. The molecule has 0 spiro atoms. The molecule has 1 aliphatic carbocycles. The first-order valence-corrected chi connectivity index (χ1v) is 7.28. The summed E-state index contributed by atoms with van der Waals surface area (Å²) in [6.45, 7) is 1.99. The van der Waals surface area contributed by atoms with Gasteiger partial charge in [0, 0.05) is 37.7 Å². The van der Waals surface area contributed by atoms with Gasteiger partial charge in [-0.1, -0.05) is 12.5 Å². The van der Waals surface area contributed by atoms with Gasteiger partial charge in [0.25, 0.3) is 5.91 Å². The van der Waals surface area contributed by atoms with E-state index in [9.17, 15) is 14.7 Å². The van der Waals surface area contributed by atoms with Gasteiger partial charge in [-0.2, -0.15) is 0 Å². The summed E-state index contributed by atoms with van der Waals surface area (Å²) in [5.41, 5.74) is 1.15. The summed E-state index contributed by atoms with van der Waals surface area (Å²) >= 11 is 0. The Morgan fingerprint density at radius 1 is 1.38 bits per heavy atom. The van der Waals surface area contributed by atoms with E-state index in [-0.39, 0.29) is 23.8 Å². The maximum absolute atomic E-state index is 12.4. The molecule has 1 saturated carbocycles. The van der Waals surface area contributed by atoms with E-state index in [0.29, 0.717) is 17.8 Å². The lowest BCUT2D eigenvalue weighted by Crippen LogP contribution is -2.34. The standard InChI is InChI=1S/C16H22N2O3/c1-11(19)17-14-7-3-5-12(9-14)16(21)18(2)10-13-6-4-8-15(13)20/h3,5,7,9,13,15,20H,4,6,8,10H2,1-2H3,(H,17,19). The summed E-state index contributed by atoms with van der Waals surface area (Å²) < 4.78 is 0. The van der Waals surface area contributed by atoms with E-state index in [1.54, 1.807) is 36.2 Å². The summed E-state index contributed by atoms with van der Waals surface area (Å²) in [7, 11) is 1.75. The van der Waals surface area contributed by atoms with Gasteiger partial charge in [0.2, 0.25) is 5.91 Å². The summed E-state index contributed by atoms with van der Waals surface area (Å²) in [6, 6.07) is 6.90. The van der Waals surface area contributed by atoms with Crippen LogP contribution in [0.2, 0.25) is 0 Å². The number of benzene rings is 1. The topological polar surface area (TPSA) is 69.6 Å². The average molecular weight is 290 g/mol. The molecule has 5 nitrogen and oxygen atoms in total. The molecule has 0 bridgehead atoms. The number of anilines is 1. The van der Waals surface area contributed by atoms with Gasteiger partial charge in [0.1, 0.15) is 0 Å². The normalized spacial score (nSPS) is 21.1. The molecule has 2 atom stereocenters. The highest BCUT2D eigenvalue weighted by Gasteiger charge is 2.27. The van der Waals surface area contributed by atoms with Gasteiger partial charge in [-0.3, -0.25) is 9.59 Å². The third-order valence-corrected chi connectivity index (χ3v) is 3.90. The molecule has 21 heavy (non-hydrogen) atoms. The zero-order valence-electron chi connectivity index (χ0n) is 12.5. The molecule has 1 aromatic carbocycles. The van der Waals surface area contributed by atoms with Crippen LogP contribution in [0.1, 0.15) is 36.5 Å². The lowest BCUT2D eigenvalue weighted by atomic mass is 10.1. The molecule has 0 aliphatic heterocycles. The monoisotopic (exact) mass is 290 g/mol. The predicted molar refractivity (Wildman–Crippen MR) is 81.1 cm³/mol. The predicted octanol–water partition coefficient (Wildman–Crippen LogP) is 1.88. The van der Waals surface area contributed by atoms with Crippen molar-refractivity contribution in [2.24, 2.45) is 5.92 Å². The molecular formula is C16H22N2O3. The van der Waals surface area contributed by atoms with Crippen LogP contribution in [0.4, 0.5) is 5.69 Å². The van der Waals surface area contributed by atoms with Gasteiger partial charge in [0.15, 0.2) is 0 Å². The first kappa shape index (κ1) is 15.5. The third-order valence-electron chi connectivity index (χ3n) is 3.90. The van der Waals surface area contributed by atoms with E-state index in [1.165, 1.54) is 6.92 Å². The fourth-order valence-corrected chi connectivity index (χ4v) is 2.82. The number of rotatable bonds is 4. The van der Waals surface area contributed by atoms with Crippen LogP contribution in [-0.4, -0.2) is 41.5 Å². The van der Waals surface area contributed by atoms with Crippen molar-refractivity contribution in [3.05, 3.63) is 29.8 Å². The molecule has 1 aliphatic rings. The van der Waals surface area contributed by atoms with E-state index < -0.39 is 0 Å². The number of hydrogen-bond donors (Lipinski definition) is 2. The molecule has 0 saturated heterocycles. The number of aliphatic hydroxyl groups excluding tert-OH is 1. The van der Waals surface area contributed by atoms with Gasteiger partial charge in [0.05, 0.1) is 6.10 Å². The van der Waals surface area contributed by atoms with Crippen molar-refractivity contribution in [3.63, 3.8) is 0 Å². The van der Waals surface area contributed by atoms with Gasteiger partial charge in [-0.25, -0.2) is 0 Å².